The monoisotopic (exact) mass is 273 g/mol. The summed E-state index contributed by atoms with van der Waals surface area (Å²) in [6, 6.07) is 9.66. The maximum Gasteiger partial charge on any atom is 0.148 e. The molecule has 0 atom stereocenters. The van der Waals surface area contributed by atoms with Crippen molar-refractivity contribution in [3.63, 3.8) is 0 Å². The summed E-state index contributed by atoms with van der Waals surface area (Å²) >= 11 is 0. The zero-order valence-electron chi connectivity index (χ0n) is 11.2. The van der Waals surface area contributed by atoms with Crippen LogP contribution in [0.2, 0.25) is 0 Å². The molecule has 0 bridgehead atoms. The van der Waals surface area contributed by atoms with Crippen LogP contribution in [0, 0.1) is 0 Å². The summed E-state index contributed by atoms with van der Waals surface area (Å²) in [7, 11) is 3.06. The van der Waals surface area contributed by atoms with Crippen molar-refractivity contribution < 1.29 is 14.6 Å². The third-order valence-electron chi connectivity index (χ3n) is 2.65. The van der Waals surface area contributed by atoms with E-state index in [1.165, 1.54) is 26.4 Å². The Hall–Kier alpha value is -2.76. The van der Waals surface area contributed by atoms with Crippen LogP contribution in [0.3, 0.4) is 0 Å². The minimum atomic E-state index is 0.177. The van der Waals surface area contributed by atoms with Gasteiger partial charge in [-0.15, -0.1) is 5.11 Å². The van der Waals surface area contributed by atoms with E-state index in [2.05, 4.69) is 10.2 Å². The van der Waals surface area contributed by atoms with Gasteiger partial charge in [0.15, 0.2) is 0 Å². The number of phenolic OH excluding ortho intramolecular Hbond substituents is 1. The third-order valence-corrected chi connectivity index (χ3v) is 2.65. The van der Waals surface area contributed by atoms with Gasteiger partial charge in [-0.3, -0.25) is 0 Å². The minimum absolute atomic E-state index is 0.177. The first-order chi connectivity index (χ1) is 9.63. The zero-order valence-corrected chi connectivity index (χ0v) is 11.2. The van der Waals surface area contributed by atoms with E-state index in [1.807, 2.05) is 0 Å². The lowest BCUT2D eigenvalue weighted by Crippen LogP contribution is -1.93. The number of azo groups is 1. The molecule has 0 amide bonds. The number of phenols is 1. The molecule has 2 aromatic rings. The molecule has 6 nitrogen and oxygen atoms in total. The summed E-state index contributed by atoms with van der Waals surface area (Å²) in [5.41, 5.74) is 7.38. The van der Waals surface area contributed by atoms with E-state index in [0.717, 1.165) is 0 Å². The van der Waals surface area contributed by atoms with Crippen LogP contribution in [-0.4, -0.2) is 19.3 Å². The number of nitrogens with two attached hydrogens (primary N) is 1. The number of hydrogen-bond donors (Lipinski definition) is 2. The van der Waals surface area contributed by atoms with E-state index in [4.69, 9.17) is 15.2 Å². The van der Waals surface area contributed by atoms with Crippen molar-refractivity contribution in [3.8, 4) is 17.2 Å². The Labute approximate surface area is 116 Å². The lowest BCUT2D eigenvalue weighted by Gasteiger charge is -2.09. The van der Waals surface area contributed by atoms with Gasteiger partial charge in [-0.1, -0.05) is 0 Å². The average Bonchev–Trinajstić information content (AvgIpc) is 2.47. The van der Waals surface area contributed by atoms with Gasteiger partial charge in [0.05, 0.1) is 25.6 Å². The fourth-order valence-corrected chi connectivity index (χ4v) is 1.61. The van der Waals surface area contributed by atoms with Gasteiger partial charge in [-0.2, -0.15) is 5.11 Å². The smallest absolute Gasteiger partial charge is 0.148 e. The molecule has 0 spiro atoms. The molecule has 104 valence electrons. The molecule has 20 heavy (non-hydrogen) atoms. The highest BCUT2D eigenvalue weighted by atomic mass is 16.5. The van der Waals surface area contributed by atoms with Crippen LogP contribution in [0.1, 0.15) is 0 Å². The molecule has 0 radical (unpaired) electrons. The molecule has 0 aromatic heterocycles. The summed E-state index contributed by atoms with van der Waals surface area (Å²) in [4.78, 5) is 0. The Morgan fingerprint density at radius 1 is 0.950 bits per heavy atom. The standard InChI is InChI=1S/C14H15N3O3/c1-19-13-8-12(14(20-2)7-11(13)15)17-16-9-3-5-10(18)6-4-9/h3-8,18H,15H2,1-2H3/b17-16+. The number of rotatable bonds is 4. The number of hydrogen-bond acceptors (Lipinski definition) is 6. The molecule has 0 saturated heterocycles. The van der Waals surface area contributed by atoms with Crippen LogP contribution >= 0.6 is 0 Å². The number of ether oxygens (including phenoxy) is 2. The predicted octanol–water partition coefficient (Wildman–Crippen LogP) is 3.41. The maximum atomic E-state index is 9.20. The van der Waals surface area contributed by atoms with Crippen molar-refractivity contribution in [2.45, 2.75) is 0 Å². The summed E-state index contributed by atoms with van der Waals surface area (Å²) in [5, 5.41) is 17.4. The van der Waals surface area contributed by atoms with E-state index < -0.39 is 0 Å². The third kappa shape index (κ3) is 2.97. The quantitative estimate of drug-likeness (QED) is 0.659. The zero-order chi connectivity index (χ0) is 14.5. The van der Waals surface area contributed by atoms with E-state index in [-0.39, 0.29) is 5.75 Å². The molecular formula is C14H15N3O3. The van der Waals surface area contributed by atoms with Crippen LogP contribution in [0.4, 0.5) is 17.1 Å². The second-order valence-electron chi connectivity index (χ2n) is 3.98. The van der Waals surface area contributed by atoms with Crippen molar-refractivity contribution >= 4 is 17.1 Å². The van der Waals surface area contributed by atoms with Crippen LogP contribution in [0.25, 0.3) is 0 Å². The molecule has 0 aliphatic carbocycles. The van der Waals surface area contributed by atoms with Crippen LogP contribution < -0.4 is 15.2 Å². The van der Waals surface area contributed by atoms with Crippen molar-refractivity contribution in [3.05, 3.63) is 36.4 Å². The second-order valence-corrected chi connectivity index (χ2v) is 3.98. The highest BCUT2D eigenvalue weighted by Crippen LogP contribution is 2.37. The SMILES string of the molecule is COc1cc(/N=N/c2ccc(O)cc2)c(OC)cc1N. The highest BCUT2D eigenvalue weighted by Gasteiger charge is 2.08. The number of anilines is 1. The molecular weight excluding hydrogens is 258 g/mol. The van der Waals surface area contributed by atoms with E-state index in [1.54, 1.807) is 24.3 Å². The Bertz CT molecular complexity index is 624. The molecule has 0 heterocycles. The predicted molar refractivity (Wildman–Crippen MR) is 76.2 cm³/mol. The van der Waals surface area contributed by atoms with Gasteiger partial charge in [0.1, 0.15) is 22.9 Å². The maximum absolute atomic E-state index is 9.20. The van der Waals surface area contributed by atoms with Gasteiger partial charge in [0, 0.05) is 12.1 Å². The molecule has 0 unspecified atom stereocenters. The van der Waals surface area contributed by atoms with Gasteiger partial charge < -0.3 is 20.3 Å². The molecule has 3 N–H and O–H groups in total. The largest absolute Gasteiger partial charge is 0.508 e. The van der Waals surface area contributed by atoms with Crippen LogP contribution in [-0.2, 0) is 0 Å². The van der Waals surface area contributed by atoms with Crippen molar-refractivity contribution in [1.29, 1.82) is 0 Å². The van der Waals surface area contributed by atoms with E-state index in [9.17, 15) is 5.11 Å². The van der Waals surface area contributed by atoms with Crippen molar-refractivity contribution in [1.82, 2.24) is 0 Å². The Balaban J connectivity index is 2.34. The van der Waals surface area contributed by atoms with Gasteiger partial charge >= 0.3 is 0 Å². The number of methoxy groups -OCH3 is 2. The highest BCUT2D eigenvalue weighted by molar-refractivity contribution is 5.66. The molecule has 0 aliphatic heterocycles. The number of benzene rings is 2. The number of aromatic hydroxyl groups is 1. The summed E-state index contributed by atoms with van der Waals surface area (Å²) in [6.07, 6.45) is 0. The van der Waals surface area contributed by atoms with Crippen LogP contribution in [0.5, 0.6) is 17.2 Å². The van der Waals surface area contributed by atoms with Crippen LogP contribution in [0.15, 0.2) is 46.6 Å². The molecule has 0 aliphatic rings. The fraction of sp³-hybridized carbons (Fsp3) is 0.143. The molecule has 0 saturated carbocycles. The van der Waals surface area contributed by atoms with Gasteiger partial charge in [0.2, 0.25) is 0 Å². The minimum Gasteiger partial charge on any atom is -0.508 e. The van der Waals surface area contributed by atoms with Gasteiger partial charge in [-0.25, -0.2) is 0 Å². The normalized spacial score (nSPS) is 10.7. The summed E-state index contributed by atoms with van der Waals surface area (Å²) in [5.74, 6) is 1.19. The van der Waals surface area contributed by atoms with Gasteiger partial charge in [-0.05, 0) is 24.3 Å². The lowest BCUT2D eigenvalue weighted by atomic mass is 10.2. The Morgan fingerprint density at radius 3 is 2.20 bits per heavy atom. The average molecular weight is 273 g/mol. The van der Waals surface area contributed by atoms with E-state index >= 15 is 0 Å². The van der Waals surface area contributed by atoms with Gasteiger partial charge in [0.25, 0.3) is 0 Å². The topological polar surface area (TPSA) is 89.4 Å². The molecule has 2 rings (SSSR count). The Kier molecular flexibility index (Phi) is 4.05. The van der Waals surface area contributed by atoms with Crippen molar-refractivity contribution in [2.75, 3.05) is 20.0 Å². The van der Waals surface area contributed by atoms with Crippen molar-refractivity contribution in [2.24, 2.45) is 10.2 Å². The summed E-state index contributed by atoms with van der Waals surface area (Å²) in [6.45, 7) is 0. The first-order valence-electron chi connectivity index (χ1n) is 5.86. The first-order valence-corrected chi connectivity index (χ1v) is 5.86. The number of nitrogen functional groups attached to an aromatic ring is 1. The molecule has 2 aromatic carbocycles. The second kappa shape index (κ2) is 5.92. The molecule has 0 fully saturated rings. The molecule has 6 heteroatoms. The number of nitrogens with zero attached hydrogens (tertiary/aromatic N) is 2. The fourth-order valence-electron chi connectivity index (χ4n) is 1.61. The summed E-state index contributed by atoms with van der Waals surface area (Å²) < 4.78 is 10.3. The van der Waals surface area contributed by atoms with E-state index in [0.29, 0.717) is 28.6 Å². The first kappa shape index (κ1) is 13.7. The Morgan fingerprint density at radius 2 is 1.60 bits per heavy atom. The lowest BCUT2D eigenvalue weighted by molar-refractivity contribution is 0.406.